The zero-order valence-electron chi connectivity index (χ0n) is 12.6. The lowest BCUT2D eigenvalue weighted by Crippen LogP contribution is -2.45. The van der Waals surface area contributed by atoms with E-state index < -0.39 is 11.7 Å². The zero-order valence-corrected chi connectivity index (χ0v) is 12.6. The molecule has 5 heteroatoms. The number of benzene rings is 1. The highest BCUT2D eigenvalue weighted by atomic mass is 19.4. The van der Waals surface area contributed by atoms with Gasteiger partial charge in [-0.2, -0.15) is 13.2 Å². The number of ether oxygens (including phenoxy) is 1. The molecule has 2 aliphatic rings. The van der Waals surface area contributed by atoms with E-state index >= 15 is 0 Å². The van der Waals surface area contributed by atoms with Crippen LogP contribution in [0, 0.1) is 0 Å². The Hall–Kier alpha value is -1.07. The summed E-state index contributed by atoms with van der Waals surface area (Å²) in [6.07, 6.45) is -0.0733. The van der Waals surface area contributed by atoms with Crippen molar-refractivity contribution in [2.75, 3.05) is 26.3 Å². The summed E-state index contributed by atoms with van der Waals surface area (Å²) in [5, 5.41) is 0. The van der Waals surface area contributed by atoms with Crippen LogP contribution < -0.4 is 0 Å². The van der Waals surface area contributed by atoms with E-state index in [9.17, 15) is 13.2 Å². The van der Waals surface area contributed by atoms with Crippen LogP contribution >= 0.6 is 0 Å². The number of hydrogen-bond donors (Lipinski definition) is 0. The first kappa shape index (κ1) is 15.8. The Kier molecular flexibility index (Phi) is 4.73. The van der Waals surface area contributed by atoms with E-state index in [0.717, 1.165) is 63.6 Å². The fourth-order valence-corrected chi connectivity index (χ4v) is 3.71. The van der Waals surface area contributed by atoms with Crippen LogP contribution in [0.25, 0.3) is 0 Å². The third-order valence-corrected chi connectivity index (χ3v) is 4.89. The van der Waals surface area contributed by atoms with E-state index in [1.165, 1.54) is 12.1 Å². The highest BCUT2D eigenvalue weighted by Gasteiger charge is 2.32. The molecule has 1 saturated heterocycles. The van der Waals surface area contributed by atoms with Crippen molar-refractivity contribution < 1.29 is 17.9 Å². The fraction of sp³-hybridized carbons (Fsp3) is 0.647. The van der Waals surface area contributed by atoms with Crippen LogP contribution in [-0.2, 0) is 10.9 Å². The van der Waals surface area contributed by atoms with Crippen molar-refractivity contribution in [2.45, 2.75) is 43.8 Å². The molecule has 1 aromatic carbocycles. The van der Waals surface area contributed by atoms with Gasteiger partial charge in [0.05, 0.1) is 18.8 Å². The highest BCUT2D eigenvalue weighted by molar-refractivity contribution is 5.28. The van der Waals surface area contributed by atoms with Gasteiger partial charge in [-0.25, -0.2) is 0 Å². The van der Waals surface area contributed by atoms with Gasteiger partial charge >= 0.3 is 6.18 Å². The van der Waals surface area contributed by atoms with Crippen LogP contribution in [-0.4, -0.2) is 37.2 Å². The molecule has 1 aliphatic carbocycles. The standard InChI is InChI=1S/C17H22F3NO/c18-17(19,20)15-5-1-3-13(11-15)14-4-2-6-16(12-14)21-7-9-22-10-8-21/h1,3,5,11,14,16H,2,4,6-10,12H2. The van der Waals surface area contributed by atoms with Gasteiger partial charge in [0, 0.05) is 19.1 Å². The first-order chi connectivity index (χ1) is 10.5. The molecule has 2 fully saturated rings. The van der Waals surface area contributed by atoms with Crippen LogP contribution in [0.4, 0.5) is 13.2 Å². The largest absolute Gasteiger partial charge is 0.416 e. The first-order valence-electron chi connectivity index (χ1n) is 8.03. The molecular weight excluding hydrogens is 291 g/mol. The molecule has 2 atom stereocenters. The molecule has 0 radical (unpaired) electrons. The quantitative estimate of drug-likeness (QED) is 0.816. The van der Waals surface area contributed by atoms with Crippen LogP contribution in [0.1, 0.15) is 42.7 Å². The lowest BCUT2D eigenvalue weighted by atomic mass is 9.80. The summed E-state index contributed by atoms with van der Waals surface area (Å²) < 4.78 is 44.0. The third-order valence-electron chi connectivity index (χ3n) is 4.89. The van der Waals surface area contributed by atoms with Crippen molar-refractivity contribution in [1.82, 2.24) is 4.90 Å². The van der Waals surface area contributed by atoms with Gasteiger partial charge < -0.3 is 4.74 Å². The maximum absolute atomic E-state index is 12.9. The maximum atomic E-state index is 12.9. The van der Waals surface area contributed by atoms with Crippen molar-refractivity contribution in [3.05, 3.63) is 35.4 Å². The molecule has 0 aromatic heterocycles. The van der Waals surface area contributed by atoms with Crippen LogP contribution in [0.5, 0.6) is 0 Å². The summed E-state index contributed by atoms with van der Waals surface area (Å²) in [4.78, 5) is 2.45. The molecule has 2 unspecified atom stereocenters. The third kappa shape index (κ3) is 3.63. The Morgan fingerprint density at radius 2 is 1.86 bits per heavy atom. The summed E-state index contributed by atoms with van der Waals surface area (Å²) >= 11 is 0. The molecule has 0 bridgehead atoms. The minimum atomic E-state index is -4.26. The van der Waals surface area contributed by atoms with Crippen molar-refractivity contribution in [3.8, 4) is 0 Å². The fourth-order valence-electron chi connectivity index (χ4n) is 3.71. The normalized spacial score (nSPS) is 27.8. The van der Waals surface area contributed by atoms with Crippen molar-refractivity contribution in [2.24, 2.45) is 0 Å². The molecule has 0 amide bonds. The van der Waals surface area contributed by atoms with E-state index in [0.29, 0.717) is 6.04 Å². The zero-order chi connectivity index (χ0) is 15.6. The van der Waals surface area contributed by atoms with E-state index in [-0.39, 0.29) is 5.92 Å². The van der Waals surface area contributed by atoms with Gasteiger partial charge in [-0.15, -0.1) is 0 Å². The molecule has 122 valence electrons. The second-order valence-electron chi connectivity index (χ2n) is 6.29. The molecule has 22 heavy (non-hydrogen) atoms. The highest BCUT2D eigenvalue weighted by Crippen LogP contribution is 2.37. The Morgan fingerprint density at radius 3 is 2.59 bits per heavy atom. The van der Waals surface area contributed by atoms with Gasteiger partial charge in [0.15, 0.2) is 0 Å². The summed E-state index contributed by atoms with van der Waals surface area (Å²) in [5.74, 6) is 0.240. The number of alkyl halides is 3. The van der Waals surface area contributed by atoms with Gasteiger partial charge in [-0.3, -0.25) is 4.90 Å². The SMILES string of the molecule is FC(F)(F)c1cccc(C2CCCC(N3CCOCC3)C2)c1. The lowest BCUT2D eigenvalue weighted by Gasteiger charge is -2.39. The van der Waals surface area contributed by atoms with E-state index in [2.05, 4.69) is 4.90 Å². The van der Waals surface area contributed by atoms with E-state index in [1.807, 2.05) is 6.07 Å². The molecule has 1 aromatic rings. The number of morpholine rings is 1. The molecule has 0 spiro atoms. The van der Waals surface area contributed by atoms with Crippen LogP contribution in [0.15, 0.2) is 24.3 Å². The molecular formula is C17H22F3NO. The molecule has 2 nitrogen and oxygen atoms in total. The predicted octanol–water partition coefficient (Wildman–Crippen LogP) is 4.06. The molecule has 3 rings (SSSR count). The number of nitrogens with zero attached hydrogens (tertiary/aromatic N) is 1. The van der Waals surface area contributed by atoms with Gasteiger partial charge in [-0.1, -0.05) is 24.6 Å². The van der Waals surface area contributed by atoms with Gasteiger partial charge in [0.2, 0.25) is 0 Å². The first-order valence-corrected chi connectivity index (χ1v) is 8.03. The Bertz CT molecular complexity index is 497. The minimum Gasteiger partial charge on any atom is -0.379 e. The number of halogens is 3. The van der Waals surface area contributed by atoms with Crippen molar-refractivity contribution in [3.63, 3.8) is 0 Å². The van der Waals surface area contributed by atoms with Crippen LogP contribution in [0.3, 0.4) is 0 Å². The Labute approximate surface area is 129 Å². The average molecular weight is 313 g/mol. The Balaban J connectivity index is 1.71. The second-order valence-corrected chi connectivity index (χ2v) is 6.29. The topological polar surface area (TPSA) is 12.5 Å². The number of rotatable bonds is 2. The van der Waals surface area contributed by atoms with Gasteiger partial charge in [0.1, 0.15) is 0 Å². The Morgan fingerprint density at radius 1 is 1.09 bits per heavy atom. The van der Waals surface area contributed by atoms with E-state index in [4.69, 9.17) is 4.74 Å². The maximum Gasteiger partial charge on any atom is 0.416 e. The smallest absolute Gasteiger partial charge is 0.379 e. The molecule has 1 aliphatic heterocycles. The molecule has 1 heterocycles. The lowest BCUT2D eigenvalue weighted by molar-refractivity contribution is -0.137. The average Bonchev–Trinajstić information content (AvgIpc) is 2.55. The van der Waals surface area contributed by atoms with Gasteiger partial charge in [-0.05, 0) is 36.8 Å². The molecule has 0 N–H and O–H groups in total. The predicted molar refractivity (Wildman–Crippen MR) is 78.8 cm³/mol. The van der Waals surface area contributed by atoms with Crippen molar-refractivity contribution in [1.29, 1.82) is 0 Å². The summed E-state index contributed by atoms with van der Waals surface area (Å²) in [7, 11) is 0. The number of hydrogen-bond acceptors (Lipinski definition) is 2. The molecule has 1 saturated carbocycles. The summed E-state index contributed by atoms with van der Waals surface area (Å²) in [6.45, 7) is 3.43. The summed E-state index contributed by atoms with van der Waals surface area (Å²) in [6, 6.07) is 6.37. The van der Waals surface area contributed by atoms with Crippen LogP contribution in [0.2, 0.25) is 0 Å². The minimum absolute atomic E-state index is 0.240. The van der Waals surface area contributed by atoms with Crippen molar-refractivity contribution >= 4 is 0 Å². The monoisotopic (exact) mass is 313 g/mol. The van der Waals surface area contributed by atoms with E-state index in [1.54, 1.807) is 0 Å². The van der Waals surface area contributed by atoms with Gasteiger partial charge in [0.25, 0.3) is 0 Å². The summed E-state index contributed by atoms with van der Waals surface area (Å²) in [5.41, 5.74) is 0.311. The second kappa shape index (κ2) is 6.59.